The molecule has 0 aromatic carbocycles. The fourth-order valence-electron chi connectivity index (χ4n) is 0.643. The van der Waals surface area contributed by atoms with Crippen molar-refractivity contribution in [3.05, 3.63) is 0 Å². The number of hydrogen-bond donors (Lipinski definition) is 4. The molecule has 0 aromatic heterocycles. The molecule has 0 rings (SSSR count). The van der Waals surface area contributed by atoms with Gasteiger partial charge in [-0.1, -0.05) is 0 Å². The zero-order valence-corrected chi connectivity index (χ0v) is 10.9. The molecular formula is C6H14LaN4O2. The SMILES string of the molecule is NC(N)=NCCC[C@H](N)C(=O)O.[La]. The molecule has 0 aliphatic heterocycles. The normalized spacial score (nSPS) is 11.2. The molecule has 0 bridgehead atoms. The Balaban J connectivity index is 0. The fraction of sp³-hybridized carbons (Fsp3) is 0.667. The number of carboxylic acids is 1. The first kappa shape index (κ1) is 15.4. The molecule has 0 saturated heterocycles. The van der Waals surface area contributed by atoms with Crippen LogP contribution in [0.2, 0.25) is 0 Å². The van der Waals surface area contributed by atoms with Gasteiger partial charge in [0.25, 0.3) is 0 Å². The standard InChI is InChI=1S/C6H14N4O2.La/c7-4(5(11)12)2-1-3-10-6(8)9;/h4H,1-3,7H2,(H,11,12)(H4,8,9,10);/t4-;/m0./s1. The second-order valence-corrected chi connectivity index (χ2v) is 2.39. The van der Waals surface area contributed by atoms with E-state index in [4.69, 9.17) is 22.3 Å². The summed E-state index contributed by atoms with van der Waals surface area (Å²) in [5, 5.41) is 8.38. The summed E-state index contributed by atoms with van der Waals surface area (Å²) >= 11 is 0. The summed E-state index contributed by atoms with van der Waals surface area (Å²) in [5.74, 6) is -0.987. The van der Waals surface area contributed by atoms with Crippen molar-refractivity contribution in [1.29, 1.82) is 0 Å². The van der Waals surface area contributed by atoms with Crippen molar-refractivity contribution in [3.63, 3.8) is 0 Å². The van der Waals surface area contributed by atoms with Crippen molar-refractivity contribution in [2.24, 2.45) is 22.2 Å². The number of nitrogens with two attached hydrogens (primary N) is 3. The van der Waals surface area contributed by atoms with Crippen molar-refractivity contribution in [2.75, 3.05) is 6.54 Å². The molecule has 0 heterocycles. The van der Waals surface area contributed by atoms with Crippen LogP contribution in [0.4, 0.5) is 0 Å². The van der Waals surface area contributed by atoms with Gasteiger partial charge in [0.1, 0.15) is 6.04 Å². The monoisotopic (exact) mass is 313 g/mol. The average Bonchev–Trinajstić information content (AvgIpc) is 1.97. The van der Waals surface area contributed by atoms with Gasteiger partial charge in [-0.15, -0.1) is 0 Å². The molecule has 0 aliphatic carbocycles. The largest absolute Gasteiger partial charge is 0.480 e. The molecular weight excluding hydrogens is 299 g/mol. The quantitative estimate of drug-likeness (QED) is 0.278. The first-order chi connectivity index (χ1) is 5.54. The fourth-order valence-corrected chi connectivity index (χ4v) is 0.643. The van der Waals surface area contributed by atoms with Crippen molar-refractivity contribution in [1.82, 2.24) is 0 Å². The van der Waals surface area contributed by atoms with Gasteiger partial charge in [-0.2, -0.15) is 0 Å². The topological polar surface area (TPSA) is 128 Å². The average molecular weight is 313 g/mol. The number of nitrogens with zero attached hydrogens (tertiary/aromatic N) is 1. The van der Waals surface area contributed by atoms with E-state index in [1.54, 1.807) is 0 Å². The third-order valence-corrected chi connectivity index (χ3v) is 1.28. The van der Waals surface area contributed by atoms with Gasteiger partial charge in [-0.3, -0.25) is 9.79 Å². The molecule has 0 aliphatic rings. The molecule has 13 heavy (non-hydrogen) atoms. The minimum Gasteiger partial charge on any atom is -0.480 e. The van der Waals surface area contributed by atoms with E-state index in [2.05, 4.69) is 4.99 Å². The van der Waals surface area contributed by atoms with Crippen LogP contribution in [-0.2, 0) is 4.79 Å². The Morgan fingerprint density at radius 2 is 2.00 bits per heavy atom. The zero-order chi connectivity index (χ0) is 9.56. The van der Waals surface area contributed by atoms with E-state index in [1.807, 2.05) is 0 Å². The molecule has 0 aromatic rings. The van der Waals surface area contributed by atoms with E-state index < -0.39 is 12.0 Å². The van der Waals surface area contributed by atoms with Gasteiger partial charge in [0.05, 0.1) is 0 Å². The number of hydrogen-bond acceptors (Lipinski definition) is 3. The zero-order valence-electron chi connectivity index (χ0n) is 7.31. The summed E-state index contributed by atoms with van der Waals surface area (Å²) in [4.78, 5) is 13.9. The minimum absolute atomic E-state index is 0. The molecule has 0 fully saturated rings. The first-order valence-electron chi connectivity index (χ1n) is 3.58. The molecule has 0 amide bonds. The van der Waals surface area contributed by atoms with Gasteiger partial charge in [-0.05, 0) is 12.8 Å². The minimum atomic E-state index is -1.00. The Hall–Kier alpha value is -0.105. The molecule has 0 unspecified atom stereocenters. The van der Waals surface area contributed by atoms with Crippen LogP contribution < -0.4 is 17.2 Å². The van der Waals surface area contributed by atoms with E-state index in [1.165, 1.54) is 0 Å². The van der Waals surface area contributed by atoms with E-state index in [9.17, 15) is 4.79 Å². The summed E-state index contributed by atoms with van der Waals surface area (Å²) in [6.45, 7) is 0.420. The number of aliphatic carboxylic acids is 1. The second kappa shape index (κ2) is 8.49. The van der Waals surface area contributed by atoms with Crippen LogP contribution in [0.5, 0.6) is 0 Å². The number of aliphatic imine (C=N–C) groups is 1. The van der Waals surface area contributed by atoms with Crippen LogP contribution in [0.1, 0.15) is 12.8 Å². The maximum Gasteiger partial charge on any atom is 0.320 e. The Bertz CT molecular complexity index is 181. The van der Waals surface area contributed by atoms with Crippen LogP contribution in [0.25, 0.3) is 0 Å². The second-order valence-electron chi connectivity index (χ2n) is 2.39. The van der Waals surface area contributed by atoms with Crippen LogP contribution in [0.3, 0.4) is 0 Å². The number of carbonyl (C=O) groups is 1. The maximum atomic E-state index is 10.2. The van der Waals surface area contributed by atoms with Crippen LogP contribution in [0.15, 0.2) is 4.99 Å². The Labute approximate surface area is 105 Å². The van der Waals surface area contributed by atoms with Crippen molar-refractivity contribution >= 4 is 11.9 Å². The maximum absolute atomic E-state index is 10.2. The first-order valence-corrected chi connectivity index (χ1v) is 3.58. The van der Waals surface area contributed by atoms with Gasteiger partial charge in [0.15, 0.2) is 5.96 Å². The number of rotatable bonds is 5. The van der Waals surface area contributed by atoms with Crippen LogP contribution >= 0.6 is 0 Å². The molecule has 1 radical (unpaired) electrons. The summed E-state index contributed by atoms with van der Waals surface area (Å²) < 4.78 is 0. The Kier molecular flexibility index (Phi) is 10.0. The smallest absolute Gasteiger partial charge is 0.320 e. The van der Waals surface area contributed by atoms with E-state index >= 15 is 0 Å². The number of carboxylic acid groups (broad SMARTS) is 1. The molecule has 0 saturated carbocycles. The predicted octanol–water partition coefficient (Wildman–Crippen LogP) is -1.55. The molecule has 7 N–H and O–H groups in total. The molecule has 1 atom stereocenters. The molecule has 6 nitrogen and oxygen atoms in total. The van der Waals surface area contributed by atoms with Gasteiger partial charge in [0, 0.05) is 42.1 Å². The van der Waals surface area contributed by atoms with Crippen molar-refractivity contribution in [3.8, 4) is 0 Å². The van der Waals surface area contributed by atoms with Gasteiger partial charge < -0.3 is 22.3 Å². The molecule has 73 valence electrons. The van der Waals surface area contributed by atoms with E-state index in [0.717, 1.165) is 0 Å². The van der Waals surface area contributed by atoms with Gasteiger partial charge in [-0.25, -0.2) is 0 Å². The predicted molar refractivity (Wildman–Crippen MR) is 45.5 cm³/mol. The summed E-state index contributed by atoms with van der Waals surface area (Å²) in [6.07, 6.45) is 0.956. The Morgan fingerprint density at radius 1 is 1.46 bits per heavy atom. The van der Waals surface area contributed by atoms with E-state index in [-0.39, 0.29) is 41.6 Å². The van der Waals surface area contributed by atoms with Crippen molar-refractivity contribution < 1.29 is 45.5 Å². The van der Waals surface area contributed by atoms with Gasteiger partial charge in [0.2, 0.25) is 0 Å². The summed E-state index contributed by atoms with van der Waals surface area (Å²) in [6, 6.07) is -0.820. The third kappa shape index (κ3) is 9.81. The molecule has 7 heteroatoms. The Morgan fingerprint density at radius 3 is 2.38 bits per heavy atom. The van der Waals surface area contributed by atoms with Crippen LogP contribution in [-0.4, -0.2) is 29.6 Å². The molecule has 0 spiro atoms. The van der Waals surface area contributed by atoms with Crippen LogP contribution in [0, 0.1) is 35.6 Å². The summed E-state index contributed by atoms with van der Waals surface area (Å²) in [5.41, 5.74) is 15.3. The summed E-state index contributed by atoms with van der Waals surface area (Å²) in [7, 11) is 0. The number of guanidine groups is 1. The van der Waals surface area contributed by atoms with Crippen molar-refractivity contribution in [2.45, 2.75) is 18.9 Å². The van der Waals surface area contributed by atoms with Gasteiger partial charge >= 0.3 is 5.97 Å². The van der Waals surface area contributed by atoms with E-state index in [0.29, 0.717) is 19.4 Å². The third-order valence-electron chi connectivity index (χ3n) is 1.28.